The molecule has 4 heteroatoms. The van der Waals surface area contributed by atoms with Crippen LogP contribution in [0.3, 0.4) is 0 Å². The Hall–Kier alpha value is -1.03. The second-order valence-corrected chi connectivity index (χ2v) is 5.74. The Kier molecular flexibility index (Phi) is 2.05. The lowest BCUT2D eigenvalue weighted by Crippen LogP contribution is -2.49. The Bertz CT molecular complexity index is 460. The molecule has 0 bridgehead atoms. The topological polar surface area (TPSA) is 40.5 Å². The maximum Gasteiger partial charge on any atom is 0.337 e. The largest absolute Gasteiger partial charge is 0.478 e. The zero-order valence-corrected chi connectivity index (χ0v) is 10.3. The predicted molar refractivity (Wildman–Crippen MR) is 65.0 cm³/mol. The minimum atomic E-state index is -0.848. The molecule has 3 nitrogen and oxygen atoms in total. The maximum absolute atomic E-state index is 11.1. The maximum atomic E-state index is 11.1. The fourth-order valence-electron chi connectivity index (χ4n) is 2.37. The molecule has 1 heterocycles. The van der Waals surface area contributed by atoms with Crippen LogP contribution >= 0.6 is 15.9 Å². The summed E-state index contributed by atoms with van der Waals surface area (Å²) in [4.78, 5) is 13.3. The van der Waals surface area contributed by atoms with Crippen molar-refractivity contribution < 1.29 is 9.90 Å². The first kappa shape index (κ1) is 10.1. The number of aromatic carboxylic acids is 1. The Morgan fingerprint density at radius 1 is 1.38 bits per heavy atom. The van der Waals surface area contributed by atoms with E-state index in [9.17, 15) is 4.79 Å². The number of carboxylic acid groups (broad SMARTS) is 1. The first-order chi connectivity index (χ1) is 7.60. The van der Waals surface area contributed by atoms with E-state index >= 15 is 0 Å². The van der Waals surface area contributed by atoms with Crippen molar-refractivity contribution in [2.75, 3.05) is 18.0 Å². The highest BCUT2D eigenvalue weighted by atomic mass is 79.9. The van der Waals surface area contributed by atoms with Crippen molar-refractivity contribution in [1.82, 2.24) is 0 Å². The summed E-state index contributed by atoms with van der Waals surface area (Å²) in [6.45, 7) is 2.04. The summed E-state index contributed by atoms with van der Waals surface area (Å²) in [6.07, 6.45) is 2.61. The Morgan fingerprint density at radius 2 is 2.06 bits per heavy atom. The molecule has 1 saturated carbocycles. The summed E-state index contributed by atoms with van der Waals surface area (Å²) in [6, 6.07) is 5.35. The van der Waals surface area contributed by atoms with Gasteiger partial charge in [-0.3, -0.25) is 0 Å². The monoisotopic (exact) mass is 281 g/mol. The number of nitrogens with zero attached hydrogens (tertiary/aromatic N) is 1. The van der Waals surface area contributed by atoms with Crippen LogP contribution in [-0.2, 0) is 0 Å². The summed E-state index contributed by atoms with van der Waals surface area (Å²) < 4.78 is 0.934. The van der Waals surface area contributed by atoms with Crippen molar-refractivity contribution in [3.05, 3.63) is 28.2 Å². The number of carboxylic acids is 1. The molecule has 1 aliphatic heterocycles. The molecule has 1 spiro atoms. The lowest BCUT2D eigenvalue weighted by molar-refractivity contribution is 0.0697. The molecule has 2 fully saturated rings. The number of hydrogen-bond acceptors (Lipinski definition) is 2. The average Bonchev–Trinajstić information content (AvgIpc) is 2.94. The van der Waals surface area contributed by atoms with Gasteiger partial charge in [-0.25, -0.2) is 4.79 Å². The molecule has 16 heavy (non-hydrogen) atoms. The standard InChI is InChI=1S/C12H12BrNO2/c13-8-1-2-9(11(15)16)10(5-8)14-6-12(7-14)3-4-12/h1-2,5H,3-4,6-7H2,(H,15,16). The van der Waals surface area contributed by atoms with Crippen molar-refractivity contribution in [2.24, 2.45) is 5.41 Å². The van der Waals surface area contributed by atoms with Gasteiger partial charge >= 0.3 is 5.97 Å². The van der Waals surface area contributed by atoms with Gasteiger partial charge in [-0.15, -0.1) is 0 Å². The van der Waals surface area contributed by atoms with Gasteiger partial charge in [0.2, 0.25) is 0 Å². The first-order valence-corrected chi connectivity index (χ1v) is 6.17. The minimum absolute atomic E-state index is 0.402. The van der Waals surface area contributed by atoms with Gasteiger partial charge in [0.05, 0.1) is 11.3 Å². The number of benzene rings is 1. The molecule has 3 rings (SSSR count). The van der Waals surface area contributed by atoms with Crippen LogP contribution in [0.4, 0.5) is 5.69 Å². The summed E-state index contributed by atoms with van der Waals surface area (Å²) in [5.41, 5.74) is 1.79. The van der Waals surface area contributed by atoms with Gasteiger partial charge < -0.3 is 10.0 Å². The highest BCUT2D eigenvalue weighted by Gasteiger charge is 2.52. The highest BCUT2D eigenvalue weighted by molar-refractivity contribution is 9.10. The van der Waals surface area contributed by atoms with E-state index in [1.165, 1.54) is 12.8 Å². The van der Waals surface area contributed by atoms with Gasteiger partial charge in [-0.05, 0) is 31.0 Å². The van der Waals surface area contributed by atoms with Crippen LogP contribution in [0, 0.1) is 5.41 Å². The summed E-state index contributed by atoms with van der Waals surface area (Å²) in [5.74, 6) is -0.848. The molecule has 0 atom stereocenters. The fourth-order valence-corrected chi connectivity index (χ4v) is 2.72. The van der Waals surface area contributed by atoms with E-state index < -0.39 is 5.97 Å². The summed E-state index contributed by atoms with van der Waals surface area (Å²) in [5, 5.41) is 9.13. The van der Waals surface area contributed by atoms with Crippen LogP contribution < -0.4 is 4.90 Å². The highest BCUT2D eigenvalue weighted by Crippen LogP contribution is 2.54. The smallest absolute Gasteiger partial charge is 0.337 e. The third-order valence-corrected chi connectivity index (χ3v) is 4.03. The molecule has 0 amide bonds. The van der Waals surface area contributed by atoms with Crippen LogP contribution in [0.25, 0.3) is 0 Å². The number of rotatable bonds is 2. The minimum Gasteiger partial charge on any atom is -0.478 e. The molecule has 1 N–H and O–H groups in total. The van der Waals surface area contributed by atoms with Crippen LogP contribution in [-0.4, -0.2) is 24.2 Å². The first-order valence-electron chi connectivity index (χ1n) is 5.38. The lowest BCUT2D eigenvalue weighted by atomic mass is 9.95. The van der Waals surface area contributed by atoms with E-state index in [1.54, 1.807) is 12.1 Å². The van der Waals surface area contributed by atoms with E-state index in [0.717, 1.165) is 23.2 Å². The van der Waals surface area contributed by atoms with Crippen LogP contribution in [0.2, 0.25) is 0 Å². The quantitative estimate of drug-likeness (QED) is 0.906. The number of carbonyl (C=O) groups is 1. The molecule has 0 radical (unpaired) electrons. The van der Waals surface area contributed by atoms with E-state index in [0.29, 0.717) is 11.0 Å². The second kappa shape index (κ2) is 3.23. The number of halogens is 1. The normalized spacial score (nSPS) is 20.7. The van der Waals surface area contributed by atoms with Crippen molar-refractivity contribution in [3.8, 4) is 0 Å². The zero-order chi connectivity index (χ0) is 11.3. The van der Waals surface area contributed by atoms with Gasteiger partial charge in [0.1, 0.15) is 0 Å². The van der Waals surface area contributed by atoms with Gasteiger partial charge in [-0.2, -0.15) is 0 Å². The SMILES string of the molecule is O=C(O)c1ccc(Br)cc1N1CC2(CC2)C1. The van der Waals surface area contributed by atoms with Gasteiger partial charge in [0, 0.05) is 23.0 Å². The average molecular weight is 282 g/mol. The summed E-state index contributed by atoms with van der Waals surface area (Å²) >= 11 is 3.39. The zero-order valence-electron chi connectivity index (χ0n) is 8.74. The van der Waals surface area contributed by atoms with Crippen molar-refractivity contribution >= 4 is 27.6 Å². The van der Waals surface area contributed by atoms with Crippen LogP contribution in [0.1, 0.15) is 23.2 Å². The van der Waals surface area contributed by atoms with Crippen LogP contribution in [0.15, 0.2) is 22.7 Å². The van der Waals surface area contributed by atoms with E-state index in [2.05, 4.69) is 20.8 Å². The van der Waals surface area contributed by atoms with Gasteiger partial charge in [0.15, 0.2) is 0 Å². The Labute approximate surface area is 102 Å². The number of anilines is 1. The third kappa shape index (κ3) is 1.52. The van der Waals surface area contributed by atoms with E-state index in [-0.39, 0.29) is 0 Å². The van der Waals surface area contributed by atoms with Crippen molar-refractivity contribution in [1.29, 1.82) is 0 Å². The molecule has 0 unspecified atom stereocenters. The van der Waals surface area contributed by atoms with E-state index in [1.807, 2.05) is 6.07 Å². The summed E-state index contributed by atoms with van der Waals surface area (Å²) in [7, 11) is 0. The second-order valence-electron chi connectivity index (χ2n) is 4.82. The fraction of sp³-hybridized carbons (Fsp3) is 0.417. The molecule has 2 aliphatic rings. The van der Waals surface area contributed by atoms with Crippen LogP contribution in [0.5, 0.6) is 0 Å². The molecule has 1 aromatic rings. The van der Waals surface area contributed by atoms with Gasteiger partial charge in [-0.1, -0.05) is 15.9 Å². The molecular formula is C12H12BrNO2. The Morgan fingerprint density at radius 3 is 2.62 bits per heavy atom. The predicted octanol–water partition coefficient (Wildman–Crippen LogP) is 2.75. The molecule has 1 aliphatic carbocycles. The Balaban J connectivity index is 1.92. The third-order valence-electron chi connectivity index (χ3n) is 3.54. The molecular weight excluding hydrogens is 270 g/mol. The molecule has 1 aromatic carbocycles. The molecule has 84 valence electrons. The van der Waals surface area contributed by atoms with Crippen molar-refractivity contribution in [2.45, 2.75) is 12.8 Å². The van der Waals surface area contributed by atoms with Crippen molar-refractivity contribution in [3.63, 3.8) is 0 Å². The van der Waals surface area contributed by atoms with Gasteiger partial charge in [0.25, 0.3) is 0 Å². The molecule has 0 aromatic heterocycles. The lowest BCUT2D eigenvalue weighted by Gasteiger charge is -2.42. The number of hydrogen-bond donors (Lipinski definition) is 1. The molecule has 1 saturated heterocycles. The van der Waals surface area contributed by atoms with E-state index in [4.69, 9.17) is 5.11 Å².